The van der Waals surface area contributed by atoms with E-state index in [4.69, 9.17) is 9.47 Å². The molecule has 7 nitrogen and oxygen atoms in total. The second kappa shape index (κ2) is 6.74. The van der Waals surface area contributed by atoms with Crippen molar-refractivity contribution in [3.63, 3.8) is 0 Å². The quantitative estimate of drug-likeness (QED) is 0.603. The lowest BCUT2D eigenvalue weighted by molar-refractivity contribution is -0.162. The van der Waals surface area contributed by atoms with E-state index < -0.39 is 24.2 Å². The van der Waals surface area contributed by atoms with E-state index in [9.17, 15) is 14.4 Å². The van der Waals surface area contributed by atoms with Crippen LogP contribution in [-0.4, -0.2) is 36.7 Å². The lowest BCUT2D eigenvalue weighted by Gasteiger charge is -2.26. The van der Waals surface area contributed by atoms with E-state index in [0.717, 1.165) is 5.56 Å². The van der Waals surface area contributed by atoms with Gasteiger partial charge in [-0.15, -0.1) is 0 Å². The summed E-state index contributed by atoms with van der Waals surface area (Å²) >= 11 is 0. The fourth-order valence-corrected chi connectivity index (χ4v) is 1.61. The molecule has 1 aliphatic heterocycles. The number of benzene rings is 1. The molecule has 0 unspecified atom stereocenters. The molecule has 0 aromatic heterocycles. The molecule has 0 radical (unpaired) electrons. The van der Waals surface area contributed by atoms with Crippen LogP contribution >= 0.6 is 0 Å². The highest BCUT2D eigenvalue weighted by Gasteiger charge is 2.33. The van der Waals surface area contributed by atoms with Crippen molar-refractivity contribution in [1.82, 2.24) is 10.6 Å². The van der Waals surface area contributed by atoms with Crippen LogP contribution in [0.4, 0.5) is 4.79 Å². The summed E-state index contributed by atoms with van der Waals surface area (Å²) in [6.45, 7) is 1.87. The van der Waals surface area contributed by atoms with Crippen LogP contribution in [0.3, 0.4) is 0 Å². The first-order valence-electron chi connectivity index (χ1n) is 6.51. The second-order valence-corrected chi connectivity index (χ2v) is 4.60. The summed E-state index contributed by atoms with van der Waals surface area (Å²) < 4.78 is 9.88. The molecule has 2 rings (SSSR count). The molecule has 7 heteroatoms. The molecule has 1 saturated heterocycles. The van der Waals surface area contributed by atoms with Gasteiger partial charge in [-0.1, -0.05) is 30.3 Å². The summed E-state index contributed by atoms with van der Waals surface area (Å²) in [5.74, 6) is -1.01. The summed E-state index contributed by atoms with van der Waals surface area (Å²) in [7, 11) is 0. The maximum absolute atomic E-state index is 11.6. The minimum absolute atomic E-state index is 0.111. The Morgan fingerprint density at radius 3 is 2.67 bits per heavy atom. The molecule has 0 spiro atoms. The molecule has 2 atom stereocenters. The van der Waals surface area contributed by atoms with Crippen molar-refractivity contribution in [1.29, 1.82) is 0 Å². The molecular weight excluding hydrogens is 276 g/mol. The van der Waals surface area contributed by atoms with Crippen molar-refractivity contribution in [3.05, 3.63) is 35.9 Å². The van der Waals surface area contributed by atoms with Crippen LogP contribution in [0.2, 0.25) is 0 Å². The molecule has 2 amide bonds. The van der Waals surface area contributed by atoms with Crippen molar-refractivity contribution in [3.8, 4) is 0 Å². The maximum Gasteiger partial charge on any atom is 0.408 e. The summed E-state index contributed by atoms with van der Waals surface area (Å²) in [6.07, 6.45) is -1.48. The van der Waals surface area contributed by atoms with E-state index in [1.165, 1.54) is 6.92 Å². The molecule has 0 saturated carbocycles. The fraction of sp³-hybridized carbons (Fsp3) is 0.357. The van der Waals surface area contributed by atoms with Gasteiger partial charge >= 0.3 is 12.1 Å². The first kappa shape index (κ1) is 14.8. The van der Waals surface area contributed by atoms with E-state index in [-0.39, 0.29) is 12.5 Å². The average molecular weight is 292 g/mol. The van der Waals surface area contributed by atoms with Crippen LogP contribution < -0.4 is 10.6 Å². The van der Waals surface area contributed by atoms with Crippen LogP contribution in [0.5, 0.6) is 0 Å². The minimum Gasteiger partial charge on any atom is -0.449 e. The largest absolute Gasteiger partial charge is 0.449 e. The van der Waals surface area contributed by atoms with Gasteiger partial charge in [0.2, 0.25) is 0 Å². The van der Waals surface area contributed by atoms with E-state index in [1.807, 2.05) is 30.3 Å². The molecule has 1 aromatic carbocycles. The number of rotatable bonds is 5. The van der Waals surface area contributed by atoms with Gasteiger partial charge in [0.05, 0.1) is 6.54 Å². The third-order valence-corrected chi connectivity index (χ3v) is 2.91. The van der Waals surface area contributed by atoms with Crippen molar-refractivity contribution in [2.24, 2.45) is 0 Å². The van der Waals surface area contributed by atoms with E-state index >= 15 is 0 Å². The van der Waals surface area contributed by atoms with Crippen LogP contribution in [0.25, 0.3) is 0 Å². The Morgan fingerprint density at radius 2 is 2.10 bits per heavy atom. The SMILES string of the molecule is C[C@H](NC(=O)OCc1ccccc1)C(=O)O[C@H]1CNC1=O. The highest BCUT2D eigenvalue weighted by atomic mass is 16.6. The molecule has 0 bridgehead atoms. The Kier molecular flexibility index (Phi) is 4.76. The zero-order valence-electron chi connectivity index (χ0n) is 11.5. The third-order valence-electron chi connectivity index (χ3n) is 2.91. The zero-order chi connectivity index (χ0) is 15.2. The first-order chi connectivity index (χ1) is 10.1. The Labute approximate surface area is 121 Å². The van der Waals surface area contributed by atoms with E-state index in [2.05, 4.69) is 10.6 Å². The van der Waals surface area contributed by atoms with Gasteiger partial charge in [0.15, 0.2) is 6.10 Å². The number of alkyl carbamates (subject to hydrolysis) is 1. The van der Waals surface area contributed by atoms with Gasteiger partial charge < -0.3 is 20.1 Å². The molecule has 1 aliphatic rings. The number of ether oxygens (including phenoxy) is 2. The van der Waals surface area contributed by atoms with E-state index in [0.29, 0.717) is 6.54 Å². The summed E-state index contributed by atoms with van der Waals surface area (Å²) in [5, 5.41) is 4.80. The number of carbonyl (C=O) groups is 3. The molecular formula is C14H16N2O5. The minimum atomic E-state index is -0.887. The molecule has 1 heterocycles. The molecule has 21 heavy (non-hydrogen) atoms. The van der Waals surface area contributed by atoms with Crippen LogP contribution in [0.1, 0.15) is 12.5 Å². The summed E-state index contributed by atoms with van der Waals surface area (Å²) in [6, 6.07) is 8.28. The van der Waals surface area contributed by atoms with Crippen molar-refractivity contribution in [2.75, 3.05) is 6.54 Å². The number of hydrogen-bond donors (Lipinski definition) is 2. The first-order valence-corrected chi connectivity index (χ1v) is 6.51. The molecule has 1 aromatic rings. The summed E-state index contributed by atoms with van der Waals surface area (Å²) in [4.78, 5) is 34.1. The van der Waals surface area contributed by atoms with Gasteiger partial charge in [0, 0.05) is 0 Å². The van der Waals surface area contributed by atoms with Crippen LogP contribution in [-0.2, 0) is 25.7 Å². The normalized spacial score (nSPS) is 18.0. The third kappa shape index (κ3) is 4.20. The number of hydrogen-bond acceptors (Lipinski definition) is 5. The highest BCUT2D eigenvalue weighted by Crippen LogP contribution is 2.04. The van der Waals surface area contributed by atoms with Crippen molar-refractivity contribution in [2.45, 2.75) is 25.7 Å². The Morgan fingerprint density at radius 1 is 1.38 bits per heavy atom. The number of esters is 1. The summed E-state index contributed by atoms with van der Waals surface area (Å²) in [5.41, 5.74) is 0.842. The van der Waals surface area contributed by atoms with Gasteiger partial charge in [0.25, 0.3) is 5.91 Å². The number of carbonyl (C=O) groups excluding carboxylic acids is 3. The van der Waals surface area contributed by atoms with Crippen molar-refractivity contribution < 1.29 is 23.9 Å². The van der Waals surface area contributed by atoms with Gasteiger partial charge in [-0.25, -0.2) is 9.59 Å². The molecule has 0 aliphatic carbocycles. The van der Waals surface area contributed by atoms with Gasteiger partial charge in [-0.05, 0) is 12.5 Å². The van der Waals surface area contributed by atoms with E-state index in [1.54, 1.807) is 0 Å². The van der Waals surface area contributed by atoms with Gasteiger partial charge in [-0.3, -0.25) is 4.79 Å². The Hall–Kier alpha value is -2.57. The lowest BCUT2D eigenvalue weighted by Crippen LogP contribution is -2.56. The van der Waals surface area contributed by atoms with Crippen molar-refractivity contribution >= 4 is 18.0 Å². The number of β-lactam (4-membered cyclic amide) rings is 1. The monoisotopic (exact) mass is 292 g/mol. The second-order valence-electron chi connectivity index (χ2n) is 4.60. The molecule has 2 N–H and O–H groups in total. The topological polar surface area (TPSA) is 93.7 Å². The molecule has 112 valence electrons. The van der Waals surface area contributed by atoms with Gasteiger partial charge in [-0.2, -0.15) is 0 Å². The van der Waals surface area contributed by atoms with Gasteiger partial charge in [0.1, 0.15) is 12.6 Å². The predicted octanol–water partition coefficient (Wildman–Crippen LogP) is 0.343. The fourth-order valence-electron chi connectivity index (χ4n) is 1.61. The zero-order valence-corrected chi connectivity index (χ0v) is 11.5. The highest BCUT2D eigenvalue weighted by molar-refractivity contribution is 5.90. The average Bonchev–Trinajstić information content (AvgIpc) is 2.49. The lowest BCUT2D eigenvalue weighted by atomic mass is 10.2. The number of nitrogens with one attached hydrogen (secondary N) is 2. The molecule has 1 fully saturated rings. The Bertz CT molecular complexity index is 531. The maximum atomic E-state index is 11.6. The number of amides is 2. The Balaban J connectivity index is 1.71. The van der Waals surface area contributed by atoms with Crippen LogP contribution in [0, 0.1) is 0 Å². The standard InChI is InChI=1S/C14H16N2O5/c1-9(13(18)21-11-7-15-12(11)17)16-14(19)20-8-10-5-3-2-4-6-10/h2-6,9,11H,7-8H2,1H3,(H,15,17)(H,16,19)/t9-,11-/m0/s1. The smallest absolute Gasteiger partial charge is 0.408 e. The predicted molar refractivity (Wildman–Crippen MR) is 72.1 cm³/mol. The van der Waals surface area contributed by atoms with Crippen LogP contribution in [0.15, 0.2) is 30.3 Å².